The normalized spacial score (nSPS) is 16.0. The Hall–Kier alpha value is -3.23. The third-order valence-corrected chi connectivity index (χ3v) is 6.58. The van der Waals surface area contributed by atoms with Crippen molar-refractivity contribution in [3.8, 4) is 0 Å². The molecular formula is C24H19BrClN5O2. The summed E-state index contributed by atoms with van der Waals surface area (Å²) in [5, 5.41) is 8.71. The first kappa shape index (κ1) is 21.6. The third kappa shape index (κ3) is 4.12. The zero-order chi connectivity index (χ0) is 23.1. The maximum Gasteiger partial charge on any atom is 0.256 e. The van der Waals surface area contributed by atoms with E-state index < -0.39 is 6.04 Å². The molecule has 1 aliphatic rings. The minimum Gasteiger partial charge on any atom is -0.323 e. The molecule has 1 aliphatic heterocycles. The van der Waals surface area contributed by atoms with Gasteiger partial charge in [-0.15, -0.1) is 0 Å². The first-order chi connectivity index (χ1) is 15.9. The van der Waals surface area contributed by atoms with Crippen molar-refractivity contribution < 1.29 is 9.59 Å². The first-order valence-corrected chi connectivity index (χ1v) is 11.5. The number of fused-ring (bicyclic) bond motifs is 2. The summed E-state index contributed by atoms with van der Waals surface area (Å²) in [5.74, 6) is -0.522. The first-order valence-electron chi connectivity index (χ1n) is 10.3. The lowest BCUT2D eigenvalue weighted by Gasteiger charge is -2.28. The summed E-state index contributed by atoms with van der Waals surface area (Å²) in [6.45, 7) is 0.255. The van der Waals surface area contributed by atoms with Gasteiger partial charge in [0.2, 0.25) is 5.91 Å². The highest BCUT2D eigenvalue weighted by Gasteiger charge is 2.36. The molecule has 166 valence electrons. The number of nitrogens with zero attached hydrogens (tertiary/aromatic N) is 4. The Morgan fingerprint density at radius 2 is 1.97 bits per heavy atom. The number of amides is 2. The van der Waals surface area contributed by atoms with E-state index in [0.717, 1.165) is 26.8 Å². The van der Waals surface area contributed by atoms with Gasteiger partial charge in [0.25, 0.3) is 5.91 Å². The van der Waals surface area contributed by atoms with E-state index in [1.807, 2.05) is 43.4 Å². The largest absolute Gasteiger partial charge is 0.323 e. The number of carbonyl (C=O) groups excluding carboxylic acids is 2. The molecule has 5 rings (SSSR count). The number of aryl methyl sites for hydroxylation is 1. The summed E-state index contributed by atoms with van der Waals surface area (Å²) in [7, 11) is 1.87. The van der Waals surface area contributed by atoms with Gasteiger partial charge in [-0.3, -0.25) is 19.3 Å². The Labute approximate surface area is 203 Å². The van der Waals surface area contributed by atoms with Crippen LogP contribution >= 0.6 is 27.5 Å². The molecule has 2 aromatic heterocycles. The van der Waals surface area contributed by atoms with Gasteiger partial charge in [-0.25, -0.2) is 0 Å². The topological polar surface area (TPSA) is 80.1 Å². The summed E-state index contributed by atoms with van der Waals surface area (Å²) in [4.78, 5) is 33.0. The number of halogens is 2. The van der Waals surface area contributed by atoms with E-state index in [0.29, 0.717) is 22.7 Å². The molecule has 0 unspecified atom stereocenters. The van der Waals surface area contributed by atoms with Gasteiger partial charge in [0.05, 0.1) is 16.8 Å². The molecule has 1 atom stereocenters. The van der Waals surface area contributed by atoms with Crippen LogP contribution in [-0.4, -0.2) is 37.5 Å². The minimum absolute atomic E-state index is 0.243. The molecule has 0 aliphatic carbocycles. The molecule has 1 N–H and O–H groups in total. The molecule has 0 saturated carbocycles. The lowest BCUT2D eigenvalue weighted by Crippen LogP contribution is -2.46. The van der Waals surface area contributed by atoms with Crippen molar-refractivity contribution in [2.24, 2.45) is 7.05 Å². The SMILES string of the molecule is Cn1nc(Br)c2ccc(CN3C(=O)c4ccc(Cl)cc4NC(=O)[C@H]3Cc3ccccn3)cc21. The fraction of sp³-hybridized carbons (Fsp3) is 0.167. The van der Waals surface area contributed by atoms with E-state index in [1.165, 1.54) is 0 Å². The number of hydrogen-bond acceptors (Lipinski definition) is 4. The number of carbonyl (C=O) groups is 2. The lowest BCUT2D eigenvalue weighted by molar-refractivity contribution is -0.120. The zero-order valence-corrected chi connectivity index (χ0v) is 20.0. The molecular weight excluding hydrogens is 506 g/mol. The van der Waals surface area contributed by atoms with Gasteiger partial charge in [-0.05, 0) is 64.0 Å². The monoisotopic (exact) mass is 523 g/mol. The number of aromatic nitrogens is 3. The Morgan fingerprint density at radius 1 is 1.12 bits per heavy atom. The van der Waals surface area contributed by atoms with Crippen LogP contribution in [0.2, 0.25) is 5.02 Å². The maximum absolute atomic E-state index is 13.7. The Bertz CT molecular complexity index is 1390. The Morgan fingerprint density at radius 3 is 2.76 bits per heavy atom. The molecule has 4 aromatic rings. The van der Waals surface area contributed by atoms with Gasteiger partial charge < -0.3 is 10.2 Å². The molecule has 2 aromatic carbocycles. The van der Waals surface area contributed by atoms with Gasteiger partial charge in [0.1, 0.15) is 10.6 Å². The molecule has 0 fully saturated rings. The second-order valence-electron chi connectivity index (χ2n) is 7.92. The highest BCUT2D eigenvalue weighted by molar-refractivity contribution is 9.10. The van der Waals surface area contributed by atoms with Gasteiger partial charge in [-0.2, -0.15) is 5.10 Å². The summed E-state index contributed by atoms with van der Waals surface area (Å²) in [6, 6.07) is 15.6. The van der Waals surface area contributed by atoms with Crippen molar-refractivity contribution in [3.63, 3.8) is 0 Å². The van der Waals surface area contributed by atoms with Crippen LogP contribution in [0.1, 0.15) is 21.6 Å². The molecule has 0 spiro atoms. The van der Waals surface area contributed by atoms with E-state index in [-0.39, 0.29) is 18.4 Å². The number of benzene rings is 2. The van der Waals surface area contributed by atoms with E-state index in [1.54, 1.807) is 34.0 Å². The Kier molecular flexibility index (Phi) is 5.64. The molecule has 7 nitrogen and oxygen atoms in total. The summed E-state index contributed by atoms with van der Waals surface area (Å²) < 4.78 is 2.54. The molecule has 9 heteroatoms. The smallest absolute Gasteiger partial charge is 0.256 e. The Balaban J connectivity index is 1.57. The molecule has 3 heterocycles. The standard InChI is InChI=1S/C24H19BrClN5O2/c1-30-20-10-14(5-7-18(20)22(25)29-30)13-31-21(12-16-4-2-3-9-27-16)23(32)28-19-11-15(26)6-8-17(19)24(31)33/h2-11,21H,12-13H2,1H3,(H,28,32)/t21-/m1/s1. The fourth-order valence-electron chi connectivity index (χ4n) is 4.12. The molecule has 33 heavy (non-hydrogen) atoms. The molecule has 0 bridgehead atoms. The van der Waals surface area contributed by atoms with Gasteiger partial charge in [-0.1, -0.05) is 23.7 Å². The van der Waals surface area contributed by atoms with Crippen LogP contribution in [-0.2, 0) is 24.8 Å². The molecule has 0 saturated heterocycles. The van der Waals surface area contributed by atoms with Gasteiger partial charge in [0.15, 0.2) is 0 Å². The quantitative estimate of drug-likeness (QED) is 0.423. The van der Waals surface area contributed by atoms with E-state index in [2.05, 4.69) is 31.3 Å². The zero-order valence-electron chi connectivity index (χ0n) is 17.6. The van der Waals surface area contributed by atoms with Crippen molar-refractivity contribution in [3.05, 3.63) is 87.2 Å². The predicted molar refractivity (Wildman–Crippen MR) is 130 cm³/mol. The maximum atomic E-state index is 13.7. The second-order valence-corrected chi connectivity index (χ2v) is 9.11. The van der Waals surface area contributed by atoms with Gasteiger partial charge in [0, 0.05) is 42.3 Å². The van der Waals surface area contributed by atoms with Crippen molar-refractivity contribution >= 4 is 55.9 Å². The fourth-order valence-corrected chi connectivity index (χ4v) is 4.86. The molecule has 2 amide bonds. The number of rotatable bonds is 4. The number of hydrogen-bond donors (Lipinski definition) is 1. The number of nitrogens with one attached hydrogen (secondary N) is 1. The van der Waals surface area contributed by atoms with Crippen molar-refractivity contribution in [1.29, 1.82) is 0 Å². The van der Waals surface area contributed by atoms with Crippen molar-refractivity contribution in [1.82, 2.24) is 19.7 Å². The van der Waals surface area contributed by atoms with Crippen molar-refractivity contribution in [2.45, 2.75) is 19.0 Å². The molecule has 0 radical (unpaired) electrons. The van der Waals surface area contributed by atoms with Crippen LogP contribution in [0, 0.1) is 0 Å². The van der Waals surface area contributed by atoms with Crippen LogP contribution in [0.15, 0.2) is 65.4 Å². The predicted octanol–water partition coefficient (Wildman–Crippen LogP) is 4.59. The summed E-state index contributed by atoms with van der Waals surface area (Å²) in [5.41, 5.74) is 3.37. The van der Waals surface area contributed by atoms with E-state index in [9.17, 15) is 9.59 Å². The second kappa shape index (κ2) is 8.61. The van der Waals surface area contributed by atoms with Gasteiger partial charge >= 0.3 is 0 Å². The van der Waals surface area contributed by atoms with Crippen LogP contribution in [0.5, 0.6) is 0 Å². The number of anilines is 1. The third-order valence-electron chi connectivity index (χ3n) is 5.76. The minimum atomic E-state index is -0.743. The van der Waals surface area contributed by atoms with E-state index >= 15 is 0 Å². The number of pyridine rings is 1. The lowest BCUT2D eigenvalue weighted by atomic mass is 10.1. The highest BCUT2D eigenvalue weighted by atomic mass is 79.9. The van der Waals surface area contributed by atoms with Crippen LogP contribution in [0.25, 0.3) is 10.9 Å². The average Bonchev–Trinajstić information content (AvgIpc) is 3.04. The van der Waals surface area contributed by atoms with Crippen LogP contribution < -0.4 is 5.32 Å². The van der Waals surface area contributed by atoms with E-state index in [4.69, 9.17) is 11.6 Å². The highest BCUT2D eigenvalue weighted by Crippen LogP contribution is 2.30. The summed E-state index contributed by atoms with van der Waals surface area (Å²) in [6.07, 6.45) is 1.97. The van der Waals surface area contributed by atoms with Crippen LogP contribution in [0.3, 0.4) is 0 Å². The average molecular weight is 525 g/mol. The van der Waals surface area contributed by atoms with Crippen LogP contribution in [0.4, 0.5) is 5.69 Å². The van der Waals surface area contributed by atoms with Crippen molar-refractivity contribution in [2.75, 3.05) is 5.32 Å². The summed E-state index contributed by atoms with van der Waals surface area (Å²) >= 11 is 9.60.